The maximum Gasteiger partial charge on any atom is 0.175 e. The number of benzene rings is 2. The summed E-state index contributed by atoms with van der Waals surface area (Å²) in [6, 6.07) is 13.9. The molecule has 0 aliphatic carbocycles. The van der Waals surface area contributed by atoms with E-state index in [-0.39, 0.29) is 4.90 Å². The lowest BCUT2D eigenvalue weighted by atomic mass is 10.3. The predicted molar refractivity (Wildman–Crippen MR) is 110 cm³/mol. The van der Waals surface area contributed by atoms with Crippen LogP contribution in [0, 0.1) is 0 Å². The predicted octanol–water partition coefficient (Wildman–Crippen LogP) is 3.20. The Morgan fingerprint density at radius 1 is 1.10 bits per heavy atom. The fraction of sp³-hybridized carbons (Fsp3) is 0.111. The van der Waals surface area contributed by atoms with Crippen LogP contribution in [0.2, 0.25) is 5.02 Å². The molecule has 0 bridgehead atoms. The molecule has 8 nitrogen and oxygen atoms in total. The third kappa shape index (κ3) is 4.34. The lowest BCUT2D eigenvalue weighted by Crippen LogP contribution is -2.04. The SMILES string of the molecule is CS(=O)(=O)c1ccc(-n2nnnc2CSc2nccn2-c2cccc(Cl)c2)cc1. The molecule has 2 aromatic heterocycles. The van der Waals surface area contributed by atoms with Crippen molar-refractivity contribution in [2.75, 3.05) is 6.26 Å². The molecular weight excluding hydrogens is 432 g/mol. The lowest BCUT2D eigenvalue weighted by Gasteiger charge is -2.08. The standard InChI is InChI=1S/C18H15ClN6O2S2/c1-29(26,27)16-7-5-14(6-8-16)25-17(21-22-23-25)12-28-18-20-9-10-24(18)15-4-2-3-13(19)11-15/h2-11H,12H2,1H3. The van der Waals surface area contributed by atoms with Gasteiger partial charge in [-0.2, -0.15) is 4.68 Å². The van der Waals surface area contributed by atoms with Crippen LogP contribution in [0.3, 0.4) is 0 Å². The smallest absolute Gasteiger partial charge is 0.175 e. The Bertz CT molecular complexity index is 1250. The van der Waals surface area contributed by atoms with Gasteiger partial charge in [0.2, 0.25) is 0 Å². The molecule has 0 amide bonds. The average Bonchev–Trinajstić information content (AvgIpc) is 3.35. The van der Waals surface area contributed by atoms with E-state index in [9.17, 15) is 8.42 Å². The van der Waals surface area contributed by atoms with Crippen molar-refractivity contribution >= 4 is 33.2 Å². The normalized spacial score (nSPS) is 11.7. The highest BCUT2D eigenvalue weighted by atomic mass is 35.5. The van der Waals surface area contributed by atoms with Crippen molar-refractivity contribution in [1.29, 1.82) is 0 Å². The highest BCUT2D eigenvalue weighted by Gasteiger charge is 2.13. The number of hydrogen-bond donors (Lipinski definition) is 0. The molecule has 0 N–H and O–H groups in total. The molecule has 0 unspecified atom stereocenters. The molecule has 11 heteroatoms. The van der Waals surface area contributed by atoms with Crippen molar-refractivity contribution in [1.82, 2.24) is 29.8 Å². The van der Waals surface area contributed by atoms with Crippen LogP contribution in [-0.2, 0) is 15.6 Å². The molecule has 0 radical (unpaired) electrons. The molecule has 2 aromatic carbocycles. The molecule has 0 aliphatic rings. The third-order valence-electron chi connectivity index (χ3n) is 4.07. The van der Waals surface area contributed by atoms with Crippen molar-refractivity contribution in [3.63, 3.8) is 0 Å². The molecular formula is C18H15ClN6O2S2. The summed E-state index contributed by atoms with van der Waals surface area (Å²) in [4.78, 5) is 4.65. The molecule has 0 saturated carbocycles. The van der Waals surface area contributed by atoms with Gasteiger partial charge >= 0.3 is 0 Å². The van der Waals surface area contributed by atoms with Crippen molar-refractivity contribution in [3.8, 4) is 11.4 Å². The molecule has 0 saturated heterocycles. The summed E-state index contributed by atoms with van der Waals surface area (Å²) in [7, 11) is -3.26. The quantitative estimate of drug-likeness (QED) is 0.419. The first-order valence-electron chi connectivity index (χ1n) is 8.42. The van der Waals surface area contributed by atoms with Crippen LogP contribution in [-0.4, -0.2) is 44.4 Å². The van der Waals surface area contributed by atoms with Crippen LogP contribution in [0.5, 0.6) is 0 Å². The van der Waals surface area contributed by atoms with Gasteiger partial charge in [0.25, 0.3) is 0 Å². The van der Waals surface area contributed by atoms with Gasteiger partial charge in [0.1, 0.15) is 0 Å². The summed E-state index contributed by atoms with van der Waals surface area (Å²) >= 11 is 7.57. The van der Waals surface area contributed by atoms with E-state index in [0.717, 1.165) is 10.8 Å². The van der Waals surface area contributed by atoms with Gasteiger partial charge in [0.05, 0.1) is 16.3 Å². The fourth-order valence-electron chi connectivity index (χ4n) is 2.68. The number of aromatic nitrogens is 6. The Hall–Kier alpha value is -2.69. The maximum atomic E-state index is 11.6. The number of hydrogen-bond acceptors (Lipinski definition) is 7. The minimum Gasteiger partial charge on any atom is -0.295 e. The molecule has 29 heavy (non-hydrogen) atoms. The van der Waals surface area contributed by atoms with E-state index in [0.29, 0.717) is 22.3 Å². The van der Waals surface area contributed by atoms with E-state index in [1.54, 1.807) is 23.0 Å². The van der Waals surface area contributed by atoms with E-state index in [1.165, 1.54) is 30.2 Å². The second-order valence-electron chi connectivity index (χ2n) is 6.12. The minimum absolute atomic E-state index is 0.244. The molecule has 0 atom stereocenters. The molecule has 148 valence electrons. The number of imidazole rings is 1. The second-order valence-corrected chi connectivity index (χ2v) is 9.52. The zero-order valence-corrected chi connectivity index (χ0v) is 17.6. The Labute approximate surface area is 176 Å². The first-order valence-corrected chi connectivity index (χ1v) is 11.7. The second kappa shape index (κ2) is 7.97. The van der Waals surface area contributed by atoms with Crippen LogP contribution in [0.15, 0.2) is 71.0 Å². The van der Waals surface area contributed by atoms with Gasteiger partial charge in [0, 0.05) is 29.4 Å². The summed E-state index contributed by atoms with van der Waals surface area (Å²) in [6.07, 6.45) is 4.75. The minimum atomic E-state index is -3.26. The van der Waals surface area contributed by atoms with Crippen LogP contribution in [0.4, 0.5) is 0 Å². The molecule has 0 aliphatic heterocycles. The summed E-state index contributed by atoms with van der Waals surface area (Å²) in [6.45, 7) is 0. The topological polar surface area (TPSA) is 95.6 Å². The maximum absolute atomic E-state index is 11.6. The van der Waals surface area contributed by atoms with Gasteiger partial charge in [-0.1, -0.05) is 29.4 Å². The van der Waals surface area contributed by atoms with Crippen molar-refractivity contribution in [2.45, 2.75) is 15.8 Å². The summed E-state index contributed by atoms with van der Waals surface area (Å²) in [5, 5.41) is 13.3. The Kier molecular flexibility index (Phi) is 5.39. The fourth-order valence-corrected chi connectivity index (χ4v) is 4.37. The van der Waals surface area contributed by atoms with Crippen molar-refractivity contribution < 1.29 is 8.42 Å². The lowest BCUT2D eigenvalue weighted by molar-refractivity contribution is 0.602. The van der Waals surface area contributed by atoms with Gasteiger partial charge in [0.15, 0.2) is 20.8 Å². The van der Waals surface area contributed by atoms with Crippen molar-refractivity contribution in [3.05, 3.63) is 71.8 Å². The van der Waals surface area contributed by atoms with Gasteiger partial charge in [-0.25, -0.2) is 13.4 Å². The zero-order chi connectivity index (χ0) is 20.4. The van der Waals surface area contributed by atoms with E-state index >= 15 is 0 Å². The average molecular weight is 447 g/mol. The Morgan fingerprint density at radius 3 is 2.62 bits per heavy atom. The highest BCUT2D eigenvalue weighted by molar-refractivity contribution is 7.98. The van der Waals surface area contributed by atoms with E-state index in [2.05, 4.69) is 20.5 Å². The number of nitrogens with zero attached hydrogens (tertiary/aromatic N) is 6. The first-order chi connectivity index (χ1) is 13.9. The van der Waals surface area contributed by atoms with Gasteiger partial charge in [-0.15, -0.1) is 5.10 Å². The van der Waals surface area contributed by atoms with E-state index < -0.39 is 9.84 Å². The number of thioether (sulfide) groups is 1. The summed E-state index contributed by atoms with van der Waals surface area (Å²) < 4.78 is 26.8. The van der Waals surface area contributed by atoms with Crippen molar-refractivity contribution in [2.24, 2.45) is 0 Å². The molecule has 4 rings (SSSR count). The van der Waals surface area contributed by atoms with Crippen LogP contribution in [0.25, 0.3) is 11.4 Å². The van der Waals surface area contributed by atoms with Gasteiger partial charge in [-0.3, -0.25) is 4.57 Å². The zero-order valence-electron chi connectivity index (χ0n) is 15.2. The van der Waals surface area contributed by atoms with Crippen LogP contribution in [0.1, 0.15) is 5.82 Å². The van der Waals surface area contributed by atoms with Crippen LogP contribution < -0.4 is 0 Å². The number of halogens is 1. The third-order valence-corrected chi connectivity index (χ3v) is 6.39. The number of rotatable bonds is 6. The molecule has 0 spiro atoms. The first kappa shape index (κ1) is 19.6. The van der Waals surface area contributed by atoms with Gasteiger partial charge in [-0.05, 0) is 52.9 Å². The molecule has 4 aromatic rings. The highest BCUT2D eigenvalue weighted by Crippen LogP contribution is 2.25. The Morgan fingerprint density at radius 2 is 1.90 bits per heavy atom. The molecule has 2 heterocycles. The monoisotopic (exact) mass is 446 g/mol. The van der Waals surface area contributed by atoms with E-state index in [1.807, 2.05) is 35.0 Å². The van der Waals surface area contributed by atoms with Crippen LogP contribution >= 0.6 is 23.4 Å². The number of tetrazole rings is 1. The number of sulfone groups is 1. The summed E-state index contributed by atoms with van der Waals surface area (Å²) in [5.41, 5.74) is 1.59. The molecule has 0 fully saturated rings. The van der Waals surface area contributed by atoms with E-state index in [4.69, 9.17) is 11.6 Å². The Balaban J connectivity index is 1.55. The summed E-state index contributed by atoms with van der Waals surface area (Å²) in [5.74, 6) is 1.08. The largest absolute Gasteiger partial charge is 0.295 e. The van der Waals surface area contributed by atoms with Gasteiger partial charge < -0.3 is 0 Å².